The maximum Gasteiger partial charge on any atom is 0.244 e. The Kier molecular flexibility index (Phi) is 9.27. The Morgan fingerprint density at radius 2 is 1.47 bits per heavy atom. The Morgan fingerprint density at radius 1 is 0.912 bits per heavy atom. The van der Waals surface area contributed by atoms with Crippen LogP contribution < -0.4 is 9.62 Å². The molecule has 7 nitrogen and oxygen atoms in total. The molecule has 0 saturated heterocycles. The maximum atomic E-state index is 13.5. The molecule has 0 aliphatic carbocycles. The van der Waals surface area contributed by atoms with Crippen LogP contribution in [-0.2, 0) is 26.2 Å². The summed E-state index contributed by atoms with van der Waals surface area (Å²) in [4.78, 5) is 27.8. The lowest BCUT2D eigenvalue weighted by Crippen LogP contribution is -2.51. The van der Waals surface area contributed by atoms with Crippen LogP contribution in [0.5, 0.6) is 0 Å². The van der Waals surface area contributed by atoms with E-state index in [4.69, 9.17) is 0 Å². The van der Waals surface area contributed by atoms with Crippen molar-refractivity contribution in [2.75, 3.05) is 23.7 Å². The fraction of sp³-hybridized carbons (Fsp3) is 0.462. The molecule has 0 fully saturated rings. The third-order valence-electron chi connectivity index (χ3n) is 5.50. The second-order valence-corrected chi connectivity index (χ2v) is 11.3. The lowest BCUT2D eigenvalue weighted by molar-refractivity contribution is -0.139. The van der Waals surface area contributed by atoms with Gasteiger partial charge in [-0.2, -0.15) is 0 Å². The first kappa shape index (κ1) is 27.4. The van der Waals surface area contributed by atoms with E-state index in [1.165, 1.54) is 4.90 Å². The van der Waals surface area contributed by atoms with Gasteiger partial charge in [-0.3, -0.25) is 13.9 Å². The van der Waals surface area contributed by atoms with Gasteiger partial charge in [0.15, 0.2) is 0 Å². The number of nitrogens with zero attached hydrogens (tertiary/aromatic N) is 2. The van der Waals surface area contributed by atoms with E-state index >= 15 is 0 Å². The van der Waals surface area contributed by atoms with Gasteiger partial charge in [0.05, 0.1) is 11.9 Å². The summed E-state index contributed by atoms with van der Waals surface area (Å²) in [6.45, 7) is 11.7. The summed E-state index contributed by atoms with van der Waals surface area (Å²) >= 11 is 0. The molecular weight excluding hydrogens is 450 g/mol. The standard InChI is InChI=1S/C26H37N3O4S/c1-18(2)15-27-26(31)22(6)28(16-23-10-8-19(3)9-11-23)25(30)17-29(34(7,32)33)24-13-20(4)12-21(5)14-24/h8-14,18,22H,15-17H2,1-7H3,(H,27,31). The van der Waals surface area contributed by atoms with Gasteiger partial charge in [0.25, 0.3) is 0 Å². The van der Waals surface area contributed by atoms with Gasteiger partial charge in [0, 0.05) is 13.1 Å². The Balaban J connectivity index is 2.39. The van der Waals surface area contributed by atoms with E-state index < -0.39 is 28.5 Å². The molecule has 0 spiro atoms. The average molecular weight is 488 g/mol. The predicted molar refractivity (Wildman–Crippen MR) is 137 cm³/mol. The Bertz CT molecular complexity index is 1090. The molecule has 1 unspecified atom stereocenters. The van der Waals surface area contributed by atoms with E-state index in [1.54, 1.807) is 19.1 Å². The van der Waals surface area contributed by atoms with Crippen LogP contribution in [0.3, 0.4) is 0 Å². The molecule has 186 valence electrons. The van der Waals surface area contributed by atoms with Crippen molar-refractivity contribution in [1.82, 2.24) is 10.2 Å². The fourth-order valence-corrected chi connectivity index (χ4v) is 4.47. The molecule has 1 N–H and O–H groups in total. The zero-order valence-corrected chi connectivity index (χ0v) is 22.1. The summed E-state index contributed by atoms with van der Waals surface area (Å²) in [5.41, 5.74) is 4.17. The fourth-order valence-electron chi connectivity index (χ4n) is 3.63. The van der Waals surface area contributed by atoms with Crippen molar-refractivity contribution < 1.29 is 18.0 Å². The zero-order chi connectivity index (χ0) is 25.6. The van der Waals surface area contributed by atoms with E-state index in [0.29, 0.717) is 12.2 Å². The molecule has 34 heavy (non-hydrogen) atoms. The van der Waals surface area contributed by atoms with Crippen LogP contribution >= 0.6 is 0 Å². The van der Waals surface area contributed by atoms with Gasteiger partial charge in [0.1, 0.15) is 12.6 Å². The largest absolute Gasteiger partial charge is 0.354 e. The molecule has 0 heterocycles. The van der Waals surface area contributed by atoms with E-state index in [0.717, 1.165) is 32.8 Å². The van der Waals surface area contributed by atoms with Crippen LogP contribution in [-0.4, -0.2) is 50.5 Å². The number of carbonyl (C=O) groups is 2. The van der Waals surface area contributed by atoms with E-state index in [9.17, 15) is 18.0 Å². The third-order valence-corrected chi connectivity index (χ3v) is 6.64. The van der Waals surface area contributed by atoms with Crippen molar-refractivity contribution in [2.45, 2.75) is 54.1 Å². The molecule has 2 aromatic carbocycles. The predicted octanol–water partition coefficient (Wildman–Crippen LogP) is 3.57. The second kappa shape index (κ2) is 11.5. The summed E-state index contributed by atoms with van der Waals surface area (Å²) in [5.74, 6) is -0.452. The van der Waals surface area contributed by atoms with Gasteiger partial charge in [-0.05, 0) is 62.4 Å². The first-order valence-electron chi connectivity index (χ1n) is 11.5. The number of anilines is 1. The molecule has 2 amide bonds. The van der Waals surface area contributed by atoms with Crippen LogP contribution in [0.15, 0.2) is 42.5 Å². The Labute approximate surface area is 204 Å². The van der Waals surface area contributed by atoms with Gasteiger partial charge in [-0.25, -0.2) is 8.42 Å². The van der Waals surface area contributed by atoms with Crippen LogP contribution in [0.25, 0.3) is 0 Å². The summed E-state index contributed by atoms with van der Waals surface area (Å²) < 4.78 is 26.4. The summed E-state index contributed by atoms with van der Waals surface area (Å²) in [5, 5.41) is 2.88. The highest BCUT2D eigenvalue weighted by molar-refractivity contribution is 7.92. The van der Waals surface area contributed by atoms with Crippen LogP contribution in [0, 0.1) is 26.7 Å². The van der Waals surface area contributed by atoms with Crippen LogP contribution in [0.4, 0.5) is 5.69 Å². The summed E-state index contributed by atoms with van der Waals surface area (Å²) in [7, 11) is -3.74. The monoisotopic (exact) mass is 487 g/mol. The minimum atomic E-state index is -3.74. The van der Waals surface area contributed by atoms with Gasteiger partial charge < -0.3 is 10.2 Å². The van der Waals surface area contributed by atoms with Crippen molar-refractivity contribution in [1.29, 1.82) is 0 Å². The van der Waals surface area contributed by atoms with Gasteiger partial charge >= 0.3 is 0 Å². The minimum Gasteiger partial charge on any atom is -0.354 e. The second-order valence-electron chi connectivity index (χ2n) is 9.44. The van der Waals surface area contributed by atoms with Crippen LogP contribution in [0.1, 0.15) is 43.0 Å². The lowest BCUT2D eigenvalue weighted by Gasteiger charge is -2.31. The van der Waals surface area contributed by atoms with Crippen molar-refractivity contribution in [3.05, 3.63) is 64.7 Å². The first-order valence-corrected chi connectivity index (χ1v) is 13.3. The van der Waals surface area contributed by atoms with Gasteiger partial charge in [-0.1, -0.05) is 49.7 Å². The number of carbonyl (C=O) groups excluding carboxylic acids is 2. The lowest BCUT2D eigenvalue weighted by atomic mass is 10.1. The Hall–Kier alpha value is -2.87. The van der Waals surface area contributed by atoms with E-state index in [-0.39, 0.29) is 18.4 Å². The van der Waals surface area contributed by atoms with Crippen molar-refractivity contribution >= 4 is 27.5 Å². The number of sulfonamides is 1. The SMILES string of the molecule is Cc1ccc(CN(C(=O)CN(c2cc(C)cc(C)c2)S(C)(=O)=O)C(C)C(=O)NCC(C)C)cc1. The number of aryl methyl sites for hydroxylation is 3. The summed E-state index contributed by atoms with van der Waals surface area (Å²) in [6.07, 6.45) is 1.08. The van der Waals surface area contributed by atoms with E-state index in [1.807, 2.05) is 65.0 Å². The minimum absolute atomic E-state index is 0.194. The van der Waals surface area contributed by atoms with Crippen molar-refractivity contribution in [3.63, 3.8) is 0 Å². The zero-order valence-electron chi connectivity index (χ0n) is 21.3. The molecule has 0 radical (unpaired) electrons. The molecule has 2 rings (SSSR count). The number of nitrogens with one attached hydrogen (secondary N) is 1. The molecular formula is C26H37N3O4S. The quantitative estimate of drug-likeness (QED) is 0.555. The number of hydrogen-bond donors (Lipinski definition) is 1. The molecule has 0 bridgehead atoms. The maximum absolute atomic E-state index is 13.5. The number of amides is 2. The highest BCUT2D eigenvalue weighted by atomic mass is 32.2. The normalized spacial score (nSPS) is 12.4. The average Bonchev–Trinajstić information content (AvgIpc) is 2.73. The number of rotatable bonds is 10. The highest BCUT2D eigenvalue weighted by Crippen LogP contribution is 2.22. The van der Waals surface area contributed by atoms with Gasteiger partial charge in [-0.15, -0.1) is 0 Å². The van der Waals surface area contributed by atoms with Crippen molar-refractivity contribution in [2.24, 2.45) is 5.92 Å². The summed E-state index contributed by atoms with van der Waals surface area (Å²) in [6, 6.07) is 12.4. The van der Waals surface area contributed by atoms with Crippen molar-refractivity contribution in [3.8, 4) is 0 Å². The molecule has 8 heteroatoms. The third kappa shape index (κ3) is 7.87. The molecule has 0 aromatic heterocycles. The number of benzene rings is 2. The Morgan fingerprint density at radius 3 is 1.97 bits per heavy atom. The highest BCUT2D eigenvalue weighted by Gasteiger charge is 2.30. The molecule has 0 saturated carbocycles. The number of hydrogen-bond acceptors (Lipinski definition) is 4. The molecule has 0 aliphatic heterocycles. The van der Waals surface area contributed by atoms with E-state index in [2.05, 4.69) is 5.32 Å². The smallest absolute Gasteiger partial charge is 0.244 e. The molecule has 1 atom stereocenters. The first-order chi connectivity index (χ1) is 15.8. The molecule has 0 aliphatic rings. The molecule has 2 aromatic rings. The van der Waals surface area contributed by atoms with Gasteiger partial charge in [0.2, 0.25) is 21.8 Å². The topological polar surface area (TPSA) is 86.8 Å². The van der Waals surface area contributed by atoms with Crippen LogP contribution in [0.2, 0.25) is 0 Å².